The minimum Gasteiger partial charge on any atom is -0.368 e. The summed E-state index contributed by atoms with van der Waals surface area (Å²) in [6, 6.07) is 1.54. The highest BCUT2D eigenvalue weighted by Gasteiger charge is 2.06. The van der Waals surface area contributed by atoms with E-state index in [0.717, 1.165) is 12.8 Å². The van der Waals surface area contributed by atoms with Crippen molar-refractivity contribution < 1.29 is 0 Å². The third-order valence-electron chi connectivity index (χ3n) is 1.81. The van der Waals surface area contributed by atoms with Gasteiger partial charge in [-0.1, -0.05) is 30.9 Å². The van der Waals surface area contributed by atoms with Crippen molar-refractivity contribution in [2.45, 2.75) is 25.8 Å². The van der Waals surface area contributed by atoms with Crippen LogP contribution in [-0.4, -0.2) is 16.0 Å². The van der Waals surface area contributed by atoms with Crippen LogP contribution >= 0.6 is 11.6 Å². The Labute approximate surface area is 94.3 Å². The lowest BCUT2D eigenvalue weighted by molar-refractivity contribution is 0.752. The average Bonchev–Trinajstić information content (AvgIpc) is 2.15. The predicted molar refractivity (Wildman–Crippen MR) is 62.6 cm³/mol. The van der Waals surface area contributed by atoms with Gasteiger partial charge in [0.05, 0.1) is 6.04 Å². The van der Waals surface area contributed by atoms with Gasteiger partial charge in [0.1, 0.15) is 11.0 Å². The Bertz CT molecular complexity index is 352. The van der Waals surface area contributed by atoms with Gasteiger partial charge in [-0.05, 0) is 6.42 Å². The summed E-state index contributed by atoms with van der Waals surface area (Å²) in [5, 5.41) is 3.36. The predicted octanol–water partition coefficient (Wildman–Crippen LogP) is 1.93. The monoisotopic (exact) mass is 224 g/mol. The number of rotatable bonds is 4. The molecule has 0 amide bonds. The van der Waals surface area contributed by atoms with Crippen LogP contribution < -0.4 is 11.1 Å². The molecule has 0 bridgehead atoms. The van der Waals surface area contributed by atoms with Gasteiger partial charge in [0.2, 0.25) is 5.95 Å². The fourth-order valence-corrected chi connectivity index (χ4v) is 1.36. The van der Waals surface area contributed by atoms with E-state index in [1.807, 2.05) is 0 Å². The van der Waals surface area contributed by atoms with Gasteiger partial charge in [-0.2, -0.15) is 4.98 Å². The highest BCUT2D eigenvalue weighted by atomic mass is 35.5. The van der Waals surface area contributed by atoms with Gasteiger partial charge in [0.15, 0.2) is 0 Å². The summed E-state index contributed by atoms with van der Waals surface area (Å²) in [5.74, 6) is 3.33. The number of nitrogens with two attached hydrogens (primary N) is 1. The number of halogens is 1. The van der Waals surface area contributed by atoms with E-state index in [-0.39, 0.29) is 12.0 Å². The summed E-state index contributed by atoms with van der Waals surface area (Å²) in [6.07, 6.45) is 7.23. The molecule has 0 aromatic carbocycles. The number of nitrogen functional groups attached to an aromatic ring is 1. The van der Waals surface area contributed by atoms with Gasteiger partial charge >= 0.3 is 0 Å². The van der Waals surface area contributed by atoms with Crippen LogP contribution in [0.2, 0.25) is 5.15 Å². The number of terminal acetylenes is 1. The second kappa shape index (κ2) is 5.42. The number of nitrogens with one attached hydrogen (secondary N) is 1. The van der Waals surface area contributed by atoms with Crippen molar-refractivity contribution in [2.24, 2.45) is 0 Å². The number of hydrogen-bond donors (Lipinski definition) is 2. The van der Waals surface area contributed by atoms with Gasteiger partial charge in [-0.25, -0.2) is 4.98 Å². The van der Waals surface area contributed by atoms with Crippen molar-refractivity contribution in [1.29, 1.82) is 0 Å². The third-order valence-corrected chi connectivity index (χ3v) is 2.01. The summed E-state index contributed by atoms with van der Waals surface area (Å²) >= 11 is 5.73. The van der Waals surface area contributed by atoms with Crippen LogP contribution in [0.4, 0.5) is 11.8 Å². The van der Waals surface area contributed by atoms with E-state index in [1.54, 1.807) is 6.07 Å². The molecule has 3 N–H and O–H groups in total. The van der Waals surface area contributed by atoms with Crippen molar-refractivity contribution in [3.63, 3.8) is 0 Å². The van der Waals surface area contributed by atoms with Crippen LogP contribution in [0.1, 0.15) is 19.8 Å². The number of aromatic nitrogens is 2. The summed E-state index contributed by atoms with van der Waals surface area (Å²) in [4.78, 5) is 7.73. The summed E-state index contributed by atoms with van der Waals surface area (Å²) in [7, 11) is 0. The largest absolute Gasteiger partial charge is 0.368 e. The molecular weight excluding hydrogens is 212 g/mol. The molecular formula is C10H13ClN4. The van der Waals surface area contributed by atoms with Gasteiger partial charge in [0, 0.05) is 6.07 Å². The first-order valence-electron chi connectivity index (χ1n) is 4.68. The highest BCUT2D eigenvalue weighted by Crippen LogP contribution is 2.14. The number of hydrogen-bond acceptors (Lipinski definition) is 4. The lowest BCUT2D eigenvalue weighted by Crippen LogP contribution is -2.18. The number of nitrogens with zero attached hydrogens (tertiary/aromatic N) is 2. The van der Waals surface area contributed by atoms with Crippen LogP contribution in [-0.2, 0) is 0 Å². The van der Waals surface area contributed by atoms with Crippen LogP contribution in [0.5, 0.6) is 0 Å². The van der Waals surface area contributed by atoms with Crippen LogP contribution in [0.3, 0.4) is 0 Å². The quantitative estimate of drug-likeness (QED) is 0.606. The van der Waals surface area contributed by atoms with E-state index >= 15 is 0 Å². The van der Waals surface area contributed by atoms with Crippen LogP contribution in [0.15, 0.2) is 6.07 Å². The molecule has 5 heteroatoms. The fraction of sp³-hybridized carbons (Fsp3) is 0.400. The maximum absolute atomic E-state index is 5.73. The van der Waals surface area contributed by atoms with Gasteiger partial charge in [-0.3, -0.25) is 0 Å². The molecule has 0 fully saturated rings. The van der Waals surface area contributed by atoms with E-state index in [1.165, 1.54) is 0 Å². The molecule has 1 heterocycles. The lowest BCUT2D eigenvalue weighted by Gasteiger charge is -2.12. The van der Waals surface area contributed by atoms with Crippen molar-refractivity contribution in [3.05, 3.63) is 11.2 Å². The van der Waals surface area contributed by atoms with E-state index < -0.39 is 0 Å². The molecule has 0 saturated heterocycles. The van der Waals surface area contributed by atoms with Crippen molar-refractivity contribution in [2.75, 3.05) is 11.1 Å². The van der Waals surface area contributed by atoms with Crippen LogP contribution in [0.25, 0.3) is 0 Å². The Kier molecular flexibility index (Phi) is 4.19. The molecule has 1 unspecified atom stereocenters. The lowest BCUT2D eigenvalue weighted by atomic mass is 10.2. The Hall–Kier alpha value is -1.47. The van der Waals surface area contributed by atoms with E-state index in [9.17, 15) is 0 Å². The summed E-state index contributed by atoms with van der Waals surface area (Å²) in [6.45, 7) is 2.06. The van der Waals surface area contributed by atoms with E-state index in [2.05, 4.69) is 28.1 Å². The molecule has 0 aliphatic carbocycles. The minimum absolute atomic E-state index is 0.0552. The minimum atomic E-state index is -0.0552. The second-order valence-electron chi connectivity index (χ2n) is 3.09. The fourth-order valence-electron chi connectivity index (χ4n) is 1.17. The Morgan fingerprint density at radius 3 is 2.93 bits per heavy atom. The topological polar surface area (TPSA) is 63.8 Å². The van der Waals surface area contributed by atoms with Gasteiger partial charge in [-0.15, -0.1) is 6.42 Å². The zero-order valence-corrected chi connectivity index (χ0v) is 9.25. The van der Waals surface area contributed by atoms with Crippen molar-refractivity contribution in [3.8, 4) is 12.3 Å². The van der Waals surface area contributed by atoms with Gasteiger partial charge in [0.25, 0.3) is 0 Å². The Morgan fingerprint density at radius 1 is 1.67 bits per heavy atom. The molecule has 0 radical (unpaired) electrons. The molecule has 1 atom stereocenters. The standard InChI is InChI=1S/C10H13ClN4/c1-3-5-7(4-2)13-9-6-8(11)14-10(12)15-9/h2,6-7H,3,5H2,1H3,(H3,12,13,14,15). The Balaban J connectivity index is 2.75. The molecule has 1 aromatic rings. The maximum atomic E-state index is 5.73. The SMILES string of the molecule is C#CC(CCC)Nc1cc(Cl)nc(N)n1. The first-order chi connectivity index (χ1) is 7.15. The van der Waals surface area contributed by atoms with Crippen molar-refractivity contribution in [1.82, 2.24) is 9.97 Å². The molecule has 0 spiro atoms. The molecule has 15 heavy (non-hydrogen) atoms. The van der Waals surface area contributed by atoms with E-state index in [0.29, 0.717) is 11.0 Å². The normalized spacial score (nSPS) is 11.8. The zero-order valence-electron chi connectivity index (χ0n) is 8.50. The highest BCUT2D eigenvalue weighted by molar-refractivity contribution is 6.29. The van der Waals surface area contributed by atoms with E-state index in [4.69, 9.17) is 23.8 Å². The first-order valence-corrected chi connectivity index (χ1v) is 5.06. The first kappa shape index (κ1) is 11.6. The molecule has 4 nitrogen and oxygen atoms in total. The molecule has 80 valence electrons. The van der Waals surface area contributed by atoms with Crippen LogP contribution in [0, 0.1) is 12.3 Å². The van der Waals surface area contributed by atoms with Crippen molar-refractivity contribution >= 4 is 23.4 Å². The zero-order chi connectivity index (χ0) is 11.3. The maximum Gasteiger partial charge on any atom is 0.223 e. The molecule has 1 aromatic heterocycles. The molecule has 0 saturated carbocycles. The second-order valence-corrected chi connectivity index (χ2v) is 3.47. The summed E-state index contributed by atoms with van der Waals surface area (Å²) in [5.41, 5.74) is 5.45. The molecule has 0 aliphatic rings. The van der Waals surface area contributed by atoms with Gasteiger partial charge < -0.3 is 11.1 Å². The molecule has 0 aliphatic heterocycles. The average molecular weight is 225 g/mol. The molecule has 1 rings (SSSR count). The number of anilines is 2. The smallest absolute Gasteiger partial charge is 0.223 e. The summed E-state index contributed by atoms with van der Waals surface area (Å²) < 4.78 is 0. The Morgan fingerprint density at radius 2 is 2.40 bits per heavy atom. The third kappa shape index (κ3) is 3.64.